The van der Waals surface area contributed by atoms with Gasteiger partial charge in [0.15, 0.2) is 23.2 Å². The summed E-state index contributed by atoms with van der Waals surface area (Å²) in [6.07, 6.45) is 1.33. The van der Waals surface area contributed by atoms with E-state index in [1.807, 2.05) is 0 Å². The SMILES string of the molecule is COc1ccc(C(=O)C(C(=O)c2ccccc2)C(=O)c2ccco2)cc1. The average molecular weight is 348 g/mol. The van der Waals surface area contributed by atoms with Crippen molar-refractivity contribution in [2.45, 2.75) is 0 Å². The minimum absolute atomic E-state index is 0.0267. The third-order valence-corrected chi connectivity index (χ3v) is 3.98. The van der Waals surface area contributed by atoms with Crippen molar-refractivity contribution in [3.05, 3.63) is 89.9 Å². The normalized spacial score (nSPS) is 11.6. The number of hydrogen-bond donors (Lipinski definition) is 0. The fourth-order valence-corrected chi connectivity index (χ4v) is 2.61. The van der Waals surface area contributed by atoms with Crippen LogP contribution >= 0.6 is 0 Å². The minimum Gasteiger partial charge on any atom is -0.497 e. The van der Waals surface area contributed by atoms with Gasteiger partial charge >= 0.3 is 0 Å². The van der Waals surface area contributed by atoms with E-state index in [1.165, 1.54) is 37.6 Å². The van der Waals surface area contributed by atoms with E-state index in [4.69, 9.17) is 9.15 Å². The molecule has 5 nitrogen and oxygen atoms in total. The van der Waals surface area contributed by atoms with E-state index in [0.29, 0.717) is 11.3 Å². The molecule has 1 atom stereocenters. The highest BCUT2D eigenvalue weighted by Gasteiger charge is 2.37. The molecule has 0 aliphatic heterocycles. The van der Waals surface area contributed by atoms with Crippen LogP contribution in [0.3, 0.4) is 0 Å². The number of ether oxygens (including phenoxy) is 1. The number of carbonyl (C=O) groups excluding carboxylic acids is 3. The average Bonchev–Trinajstić information content (AvgIpc) is 3.23. The maximum atomic E-state index is 13.0. The predicted octanol–water partition coefficient (Wildman–Crippen LogP) is 3.85. The fraction of sp³-hybridized carbons (Fsp3) is 0.0952. The van der Waals surface area contributed by atoms with Crippen LogP contribution in [-0.2, 0) is 0 Å². The van der Waals surface area contributed by atoms with E-state index in [2.05, 4.69) is 0 Å². The molecule has 3 rings (SSSR count). The molecule has 0 aliphatic carbocycles. The smallest absolute Gasteiger partial charge is 0.216 e. The van der Waals surface area contributed by atoms with Crippen LogP contribution in [0.15, 0.2) is 77.4 Å². The van der Waals surface area contributed by atoms with Crippen LogP contribution in [0.2, 0.25) is 0 Å². The minimum atomic E-state index is -1.50. The zero-order chi connectivity index (χ0) is 18.5. The molecule has 130 valence electrons. The van der Waals surface area contributed by atoms with Gasteiger partial charge in [-0.15, -0.1) is 0 Å². The molecule has 26 heavy (non-hydrogen) atoms. The zero-order valence-electron chi connectivity index (χ0n) is 14.0. The van der Waals surface area contributed by atoms with Crippen molar-refractivity contribution in [3.63, 3.8) is 0 Å². The van der Waals surface area contributed by atoms with E-state index < -0.39 is 23.3 Å². The summed E-state index contributed by atoms with van der Waals surface area (Å²) in [7, 11) is 1.51. The van der Waals surface area contributed by atoms with Crippen LogP contribution in [0.25, 0.3) is 0 Å². The van der Waals surface area contributed by atoms with Crippen LogP contribution in [0.4, 0.5) is 0 Å². The summed E-state index contributed by atoms with van der Waals surface area (Å²) in [6, 6.07) is 17.5. The lowest BCUT2D eigenvalue weighted by Crippen LogP contribution is -2.32. The highest BCUT2D eigenvalue weighted by molar-refractivity contribution is 6.30. The number of rotatable bonds is 7. The van der Waals surface area contributed by atoms with Crippen LogP contribution in [0.1, 0.15) is 31.3 Å². The van der Waals surface area contributed by atoms with E-state index in [0.717, 1.165) is 0 Å². The zero-order valence-corrected chi connectivity index (χ0v) is 14.0. The predicted molar refractivity (Wildman–Crippen MR) is 94.6 cm³/mol. The first-order valence-corrected chi connectivity index (χ1v) is 7.97. The Labute approximate surface area is 150 Å². The van der Waals surface area contributed by atoms with Gasteiger partial charge in [-0.3, -0.25) is 14.4 Å². The van der Waals surface area contributed by atoms with Gasteiger partial charge in [0.2, 0.25) is 5.78 Å². The Morgan fingerprint density at radius 1 is 0.769 bits per heavy atom. The first-order chi connectivity index (χ1) is 12.6. The molecule has 0 fully saturated rings. The van der Waals surface area contributed by atoms with Crippen molar-refractivity contribution in [1.82, 2.24) is 0 Å². The highest BCUT2D eigenvalue weighted by Crippen LogP contribution is 2.22. The molecule has 0 N–H and O–H groups in total. The molecule has 5 heteroatoms. The third-order valence-electron chi connectivity index (χ3n) is 3.98. The molecule has 0 saturated carbocycles. The Morgan fingerprint density at radius 2 is 1.38 bits per heavy atom. The van der Waals surface area contributed by atoms with Gasteiger partial charge in [0, 0.05) is 11.1 Å². The topological polar surface area (TPSA) is 73.6 Å². The molecule has 2 aromatic carbocycles. The van der Waals surface area contributed by atoms with Crippen LogP contribution in [0, 0.1) is 5.92 Å². The molecule has 1 unspecified atom stereocenters. The van der Waals surface area contributed by atoms with Crippen molar-refractivity contribution < 1.29 is 23.5 Å². The molecule has 1 heterocycles. The Bertz CT molecular complexity index is 909. The van der Waals surface area contributed by atoms with Gasteiger partial charge < -0.3 is 9.15 Å². The summed E-state index contributed by atoms with van der Waals surface area (Å²) >= 11 is 0. The summed E-state index contributed by atoms with van der Waals surface area (Å²) in [6.45, 7) is 0. The second-order valence-corrected chi connectivity index (χ2v) is 5.60. The molecule has 3 aromatic rings. The molecule has 0 spiro atoms. The summed E-state index contributed by atoms with van der Waals surface area (Å²) in [5, 5.41) is 0. The van der Waals surface area contributed by atoms with Gasteiger partial charge in [0.25, 0.3) is 0 Å². The largest absolute Gasteiger partial charge is 0.497 e. The van der Waals surface area contributed by atoms with Crippen LogP contribution < -0.4 is 4.74 Å². The maximum Gasteiger partial charge on any atom is 0.216 e. The van der Waals surface area contributed by atoms with Crippen LogP contribution in [0.5, 0.6) is 5.75 Å². The van der Waals surface area contributed by atoms with Crippen molar-refractivity contribution in [2.75, 3.05) is 7.11 Å². The summed E-state index contributed by atoms with van der Waals surface area (Å²) < 4.78 is 10.2. The van der Waals surface area contributed by atoms with Gasteiger partial charge in [-0.2, -0.15) is 0 Å². The lowest BCUT2D eigenvalue weighted by atomic mass is 9.86. The summed E-state index contributed by atoms with van der Waals surface area (Å²) in [4.78, 5) is 38.7. The Kier molecular flexibility index (Phi) is 5.08. The Hall–Kier alpha value is -3.47. The quantitative estimate of drug-likeness (QED) is 0.479. The molecule has 0 aliphatic rings. The first kappa shape index (κ1) is 17.4. The number of Topliss-reactive ketones (excluding diaryl/α,β-unsaturated/α-hetero) is 3. The van der Waals surface area contributed by atoms with Gasteiger partial charge in [-0.1, -0.05) is 30.3 Å². The summed E-state index contributed by atoms with van der Waals surface area (Å²) in [5.74, 6) is -2.76. The maximum absolute atomic E-state index is 13.0. The fourth-order valence-electron chi connectivity index (χ4n) is 2.61. The molecule has 0 saturated heterocycles. The monoisotopic (exact) mass is 348 g/mol. The first-order valence-electron chi connectivity index (χ1n) is 7.97. The second-order valence-electron chi connectivity index (χ2n) is 5.60. The number of methoxy groups -OCH3 is 1. The van der Waals surface area contributed by atoms with Crippen molar-refractivity contribution >= 4 is 17.3 Å². The van der Waals surface area contributed by atoms with Gasteiger partial charge in [-0.25, -0.2) is 0 Å². The van der Waals surface area contributed by atoms with Gasteiger partial charge in [0.05, 0.1) is 13.4 Å². The molecule has 0 radical (unpaired) electrons. The van der Waals surface area contributed by atoms with Gasteiger partial charge in [-0.05, 0) is 36.4 Å². The van der Waals surface area contributed by atoms with Gasteiger partial charge in [0.1, 0.15) is 5.75 Å². The van der Waals surface area contributed by atoms with Crippen molar-refractivity contribution in [1.29, 1.82) is 0 Å². The number of hydrogen-bond acceptors (Lipinski definition) is 5. The number of furan rings is 1. The molecule has 1 aromatic heterocycles. The molecule has 0 amide bonds. The summed E-state index contributed by atoms with van der Waals surface area (Å²) in [5.41, 5.74) is 0.541. The molecular weight excluding hydrogens is 332 g/mol. The third kappa shape index (κ3) is 3.47. The lowest BCUT2D eigenvalue weighted by molar-refractivity contribution is 0.0720. The van der Waals surface area contributed by atoms with E-state index in [-0.39, 0.29) is 11.3 Å². The van der Waals surface area contributed by atoms with Crippen molar-refractivity contribution in [2.24, 2.45) is 5.92 Å². The second kappa shape index (κ2) is 7.61. The number of carbonyl (C=O) groups is 3. The lowest BCUT2D eigenvalue weighted by Gasteiger charge is -2.13. The number of ketones is 3. The Morgan fingerprint density at radius 3 is 1.92 bits per heavy atom. The van der Waals surface area contributed by atoms with E-state index in [9.17, 15) is 14.4 Å². The van der Waals surface area contributed by atoms with Crippen LogP contribution in [-0.4, -0.2) is 24.5 Å². The number of benzene rings is 2. The highest BCUT2D eigenvalue weighted by atomic mass is 16.5. The van der Waals surface area contributed by atoms with E-state index >= 15 is 0 Å². The van der Waals surface area contributed by atoms with Crippen molar-refractivity contribution in [3.8, 4) is 5.75 Å². The van der Waals surface area contributed by atoms with E-state index in [1.54, 1.807) is 42.5 Å². The molecular formula is C21H16O5. The Balaban J connectivity index is 2.00. The standard InChI is InChI=1S/C21H16O5/c1-25-16-11-9-15(10-12-16)20(23)18(21(24)17-8-5-13-26-17)19(22)14-6-3-2-4-7-14/h2-13,18H,1H3. The molecule has 0 bridgehead atoms.